The summed E-state index contributed by atoms with van der Waals surface area (Å²) in [6.07, 6.45) is 1.36. The van der Waals surface area contributed by atoms with Crippen LogP contribution < -0.4 is 10.1 Å². The molecule has 1 amide bonds. The molecule has 1 heterocycles. The highest BCUT2D eigenvalue weighted by molar-refractivity contribution is 9.10. The van der Waals surface area contributed by atoms with Gasteiger partial charge in [0.2, 0.25) is 0 Å². The van der Waals surface area contributed by atoms with Gasteiger partial charge in [-0.15, -0.1) is 0 Å². The van der Waals surface area contributed by atoms with Crippen molar-refractivity contribution in [3.05, 3.63) is 50.9 Å². The molecular weight excluding hydrogens is 332 g/mol. The highest BCUT2D eigenvalue weighted by atomic mass is 79.9. The number of carbonyl (C=O) groups excluding carboxylic acids is 1. The Morgan fingerprint density at radius 1 is 1.45 bits per heavy atom. The number of benzene rings is 1. The van der Waals surface area contributed by atoms with Crippen LogP contribution in [0.1, 0.15) is 10.4 Å². The zero-order chi connectivity index (χ0) is 14.7. The molecule has 0 radical (unpaired) electrons. The average molecular weight is 341 g/mol. The Hall–Kier alpha value is -2.35. The van der Waals surface area contributed by atoms with Gasteiger partial charge in [-0.2, -0.15) is 0 Å². The van der Waals surface area contributed by atoms with Crippen molar-refractivity contribution >= 4 is 33.2 Å². The SMILES string of the molecule is COc1ccc(NC(=O)c2ccoc2Br)cc1[N+](=O)[O-]. The minimum absolute atomic E-state index is 0.123. The van der Waals surface area contributed by atoms with E-state index in [1.54, 1.807) is 0 Å². The molecule has 0 atom stereocenters. The number of hydrogen-bond acceptors (Lipinski definition) is 5. The molecule has 8 heteroatoms. The van der Waals surface area contributed by atoms with Gasteiger partial charge in [0, 0.05) is 11.8 Å². The number of nitrogens with one attached hydrogen (secondary N) is 1. The van der Waals surface area contributed by atoms with Crippen molar-refractivity contribution in [2.24, 2.45) is 0 Å². The number of rotatable bonds is 4. The van der Waals surface area contributed by atoms with Crippen LogP contribution in [-0.4, -0.2) is 17.9 Å². The molecule has 0 spiro atoms. The second-order valence-corrected chi connectivity index (χ2v) is 4.43. The van der Waals surface area contributed by atoms with Crippen molar-refractivity contribution in [3.8, 4) is 5.75 Å². The Labute approximate surface area is 121 Å². The molecule has 7 nitrogen and oxygen atoms in total. The predicted octanol–water partition coefficient (Wildman–Crippen LogP) is 3.21. The standard InChI is InChI=1S/C12H9BrN2O5/c1-19-10-3-2-7(6-9(10)15(17)18)14-12(16)8-4-5-20-11(8)13/h2-6H,1H3,(H,14,16). The molecule has 0 unspecified atom stereocenters. The molecule has 0 saturated heterocycles. The van der Waals surface area contributed by atoms with E-state index in [1.165, 1.54) is 37.6 Å². The molecule has 0 aliphatic rings. The van der Waals surface area contributed by atoms with Gasteiger partial charge in [-0.3, -0.25) is 14.9 Å². The third kappa shape index (κ3) is 2.80. The van der Waals surface area contributed by atoms with E-state index in [2.05, 4.69) is 21.2 Å². The summed E-state index contributed by atoms with van der Waals surface area (Å²) in [5, 5.41) is 13.4. The summed E-state index contributed by atoms with van der Waals surface area (Å²) in [5.41, 5.74) is 0.357. The first-order valence-electron chi connectivity index (χ1n) is 5.39. The molecule has 2 aromatic rings. The number of amides is 1. The number of methoxy groups -OCH3 is 1. The zero-order valence-corrected chi connectivity index (χ0v) is 11.8. The summed E-state index contributed by atoms with van der Waals surface area (Å²) < 4.78 is 10.1. The minimum atomic E-state index is -0.581. The summed E-state index contributed by atoms with van der Waals surface area (Å²) >= 11 is 3.09. The third-order valence-electron chi connectivity index (χ3n) is 2.50. The Morgan fingerprint density at radius 2 is 2.20 bits per heavy atom. The van der Waals surface area contributed by atoms with E-state index in [9.17, 15) is 14.9 Å². The summed E-state index contributed by atoms with van der Waals surface area (Å²) in [7, 11) is 1.34. The van der Waals surface area contributed by atoms with E-state index < -0.39 is 10.8 Å². The van der Waals surface area contributed by atoms with Crippen LogP contribution in [0.15, 0.2) is 39.6 Å². The van der Waals surface area contributed by atoms with Crippen LogP contribution in [0.5, 0.6) is 5.75 Å². The number of nitrogens with zero attached hydrogens (tertiary/aromatic N) is 1. The van der Waals surface area contributed by atoms with E-state index in [0.29, 0.717) is 5.56 Å². The second-order valence-electron chi connectivity index (χ2n) is 3.71. The average Bonchev–Trinajstić information content (AvgIpc) is 2.85. The number of ether oxygens (including phenoxy) is 1. The molecular formula is C12H9BrN2O5. The van der Waals surface area contributed by atoms with Crippen LogP contribution in [0.3, 0.4) is 0 Å². The normalized spacial score (nSPS) is 10.1. The Balaban J connectivity index is 2.26. The fourth-order valence-corrected chi connectivity index (χ4v) is 1.98. The number of nitro benzene ring substituents is 1. The molecule has 20 heavy (non-hydrogen) atoms. The van der Waals surface area contributed by atoms with Gasteiger partial charge in [0.05, 0.1) is 23.9 Å². The Kier molecular flexibility index (Phi) is 4.04. The molecule has 1 aromatic carbocycles. The molecule has 104 valence electrons. The highest BCUT2D eigenvalue weighted by Crippen LogP contribution is 2.30. The van der Waals surface area contributed by atoms with Gasteiger partial charge in [0.1, 0.15) is 0 Å². The maximum absolute atomic E-state index is 11.9. The van der Waals surface area contributed by atoms with Gasteiger partial charge < -0.3 is 14.5 Å². The monoisotopic (exact) mass is 340 g/mol. The van der Waals surface area contributed by atoms with Crippen LogP contribution in [-0.2, 0) is 0 Å². The second kappa shape index (κ2) is 5.74. The topological polar surface area (TPSA) is 94.6 Å². The van der Waals surface area contributed by atoms with Crippen LogP contribution in [0.25, 0.3) is 0 Å². The first-order valence-corrected chi connectivity index (χ1v) is 6.19. The molecule has 0 saturated carbocycles. The van der Waals surface area contributed by atoms with Gasteiger partial charge in [0.25, 0.3) is 5.91 Å². The lowest BCUT2D eigenvalue weighted by Gasteiger charge is -2.06. The molecule has 2 rings (SSSR count). The number of carbonyl (C=O) groups is 1. The largest absolute Gasteiger partial charge is 0.490 e. The summed E-state index contributed by atoms with van der Waals surface area (Å²) in [5.74, 6) is -0.317. The highest BCUT2D eigenvalue weighted by Gasteiger charge is 2.18. The van der Waals surface area contributed by atoms with Gasteiger partial charge in [-0.1, -0.05) is 0 Å². The Bertz CT molecular complexity index is 668. The third-order valence-corrected chi connectivity index (χ3v) is 3.11. The molecule has 0 fully saturated rings. The minimum Gasteiger partial charge on any atom is -0.490 e. The van der Waals surface area contributed by atoms with E-state index in [0.717, 1.165) is 0 Å². The first kappa shape index (κ1) is 14.1. The van der Waals surface area contributed by atoms with Gasteiger partial charge in [-0.25, -0.2) is 0 Å². The summed E-state index contributed by atoms with van der Waals surface area (Å²) in [6.45, 7) is 0. The summed E-state index contributed by atoms with van der Waals surface area (Å²) in [6, 6.07) is 5.64. The maximum atomic E-state index is 11.9. The van der Waals surface area contributed by atoms with Gasteiger partial charge >= 0.3 is 5.69 Å². The van der Waals surface area contributed by atoms with Crippen molar-refractivity contribution in [2.75, 3.05) is 12.4 Å². The molecule has 1 aromatic heterocycles. The maximum Gasteiger partial charge on any atom is 0.312 e. The van der Waals surface area contributed by atoms with E-state index in [4.69, 9.17) is 9.15 Å². The number of nitro groups is 1. The smallest absolute Gasteiger partial charge is 0.312 e. The lowest BCUT2D eigenvalue weighted by atomic mass is 10.2. The first-order chi connectivity index (χ1) is 9.52. The van der Waals surface area contributed by atoms with E-state index in [-0.39, 0.29) is 21.8 Å². The number of anilines is 1. The van der Waals surface area contributed by atoms with Crippen LogP contribution in [0.4, 0.5) is 11.4 Å². The fourth-order valence-electron chi connectivity index (χ4n) is 1.56. The summed E-state index contributed by atoms with van der Waals surface area (Å²) in [4.78, 5) is 22.2. The number of halogens is 1. The van der Waals surface area contributed by atoms with Crippen molar-refractivity contribution < 1.29 is 18.9 Å². The predicted molar refractivity (Wildman–Crippen MR) is 74.0 cm³/mol. The molecule has 0 aliphatic carbocycles. The molecule has 1 N–H and O–H groups in total. The van der Waals surface area contributed by atoms with Crippen molar-refractivity contribution in [3.63, 3.8) is 0 Å². The van der Waals surface area contributed by atoms with Gasteiger partial charge in [-0.05, 0) is 34.1 Å². The van der Waals surface area contributed by atoms with Crippen molar-refractivity contribution in [1.29, 1.82) is 0 Å². The Morgan fingerprint density at radius 3 is 2.75 bits per heavy atom. The van der Waals surface area contributed by atoms with Gasteiger partial charge in [0.15, 0.2) is 10.4 Å². The number of furan rings is 1. The lowest BCUT2D eigenvalue weighted by Crippen LogP contribution is -2.11. The quantitative estimate of drug-likeness (QED) is 0.681. The van der Waals surface area contributed by atoms with Crippen molar-refractivity contribution in [2.45, 2.75) is 0 Å². The molecule has 0 aliphatic heterocycles. The lowest BCUT2D eigenvalue weighted by molar-refractivity contribution is -0.385. The zero-order valence-electron chi connectivity index (χ0n) is 10.3. The van der Waals surface area contributed by atoms with E-state index in [1.807, 2.05) is 0 Å². The van der Waals surface area contributed by atoms with Crippen LogP contribution in [0.2, 0.25) is 0 Å². The van der Waals surface area contributed by atoms with Crippen LogP contribution >= 0.6 is 15.9 Å². The van der Waals surface area contributed by atoms with Crippen molar-refractivity contribution in [1.82, 2.24) is 0 Å². The fraction of sp³-hybridized carbons (Fsp3) is 0.0833. The molecule has 0 bridgehead atoms. The van der Waals surface area contributed by atoms with E-state index >= 15 is 0 Å². The van der Waals surface area contributed by atoms with Crippen LogP contribution in [0, 0.1) is 10.1 Å². The number of hydrogen-bond donors (Lipinski definition) is 1.